The van der Waals surface area contributed by atoms with E-state index in [9.17, 15) is 4.79 Å². The summed E-state index contributed by atoms with van der Waals surface area (Å²) in [4.78, 5) is 10.9. The average molecular weight is 195 g/mol. The van der Waals surface area contributed by atoms with Crippen molar-refractivity contribution in [2.45, 2.75) is 38.5 Å². The summed E-state index contributed by atoms with van der Waals surface area (Å²) < 4.78 is 5.09. The van der Waals surface area contributed by atoms with Crippen molar-refractivity contribution in [3.63, 3.8) is 0 Å². The van der Waals surface area contributed by atoms with Gasteiger partial charge in [0.1, 0.15) is 5.76 Å². The first-order valence-electron chi connectivity index (χ1n) is 4.67. The van der Waals surface area contributed by atoms with Crippen LogP contribution in [-0.4, -0.2) is 16.2 Å². The molecule has 76 valence electrons. The van der Waals surface area contributed by atoms with Gasteiger partial charge in [-0.05, 0) is 11.8 Å². The topological polar surface area (TPSA) is 63.3 Å². The van der Waals surface area contributed by atoms with E-state index in [1.807, 2.05) is 20.8 Å². The minimum absolute atomic E-state index is 0.0781. The fraction of sp³-hybridized carbons (Fsp3) is 0.600. The zero-order valence-electron chi connectivity index (χ0n) is 8.50. The molecule has 1 aliphatic carbocycles. The van der Waals surface area contributed by atoms with Crippen LogP contribution in [0.15, 0.2) is 4.52 Å². The molecule has 0 saturated carbocycles. The van der Waals surface area contributed by atoms with Gasteiger partial charge in [-0.25, -0.2) is 4.79 Å². The third kappa shape index (κ3) is 1.06. The maximum atomic E-state index is 10.9. The summed E-state index contributed by atoms with van der Waals surface area (Å²) in [7, 11) is 0. The van der Waals surface area contributed by atoms with E-state index in [4.69, 9.17) is 9.63 Å². The molecule has 1 aromatic rings. The van der Waals surface area contributed by atoms with Crippen LogP contribution in [0.25, 0.3) is 0 Å². The molecule has 0 aliphatic heterocycles. The van der Waals surface area contributed by atoms with Crippen LogP contribution in [0.1, 0.15) is 54.9 Å². The van der Waals surface area contributed by atoms with Gasteiger partial charge >= 0.3 is 5.97 Å². The Morgan fingerprint density at radius 2 is 2.29 bits per heavy atom. The molecule has 0 aromatic carbocycles. The number of nitrogens with zero attached hydrogens (tertiary/aromatic N) is 1. The Hall–Kier alpha value is -1.32. The second-order valence-corrected chi connectivity index (χ2v) is 4.56. The van der Waals surface area contributed by atoms with Crippen LogP contribution in [0, 0.1) is 0 Å². The molecule has 1 atom stereocenters. The first-order chi connectivity index (χ1) is 6.43. The fourth-order valence-corrected chi connectivity index (χ4v) is 2.40. The molecule has 1 N–H and O–H groups in total. The van der Waals surface area contributed by atoms with Crippen molar-refractivity contribution in [2.75, 3.05) is 0 Å². The van der Waals surface area contributed by atoms with E-state index in [-0.39, 0.29) is 17.0 Å². The van der Waals surface area contributed by atoms with Crippen molar-refractivity contribution in [3.8, 4) is 0 Å². The lowest BCUT2D eigenvalue weighted by Gasteiger charge is -2.17. The number of aromatic carboxylic acids is 1. The molecule has 2 rings (SSSR count). The zero-order chi connectivity index (χ0) is 10.5. The maximum absolute atomic E-state index is 10.9. The second-order valence-electron chi connectivity index (χ2n) is 4.56. The molecule has 0 bridgehead atoms. The summed E-state index contributed by atoms with van der Waals surface area (Å²) in [5.41, 5.74) is 0.717. The summed E-state index contributed by atoms with van der Waals surface area (Å²) in [5.74, 6) is 0.00479. The second kappa shape index (κ2) is 2.59. The highest BCUT2D eigenvalue weighted by atomic mass is 16.5. The summed E-state index contributed by atoms with van der Waals surface area (Å²) >= 11 is 0. The Morgan fingerprint density at radius 3 is 2.86 bits per heavy atom. The van der Waals surface area contributed by atoms with E-state index >= 15 is 0 Å². The molecule has 0 fully saturated rings. The van der Waals surface area contributed by atoms with Crippen molar-refractivity contribution < 1.29 is 14.4 Å². The molecular weight excluding hydrogens is 182 g/mol. The smallest absolute Gasteiger partial charge is 0.358 e. The third-order valence-corrected chi connectivity index (χ3v) is 2.86. The Bertz CT molecular complexity index is 392. The van der Waals surface area contributed by atoms with Crippen LogP contribution in [0.4, 0.5) is 0 Å². The summed E-state index contributed by atoms with van der Waals surface area (Å²) in [5, 5.41) is 12.5. The number of aromatic nitrogens is 1. The molecular formula is C10H13NO3. The minimum Gasteiger partial charge on any atom is -0.476 e. The zero-order valence-corrected chi connectivity index (χ0v) is 8.50. The molecule has 0 saturated heterocycles. The predicted octanol–water partition coefficient (Wildman–Crippen LogP) is 2.16. The highest BCUT2D eigenvalue weighted by molar-refractivity contribution is 5.88. The number of hydrogen-bond acceptors (Lipinski definition) is 3. The van der Waals surface area contributed by atoms with Crippen molar-refractivity contribution >= 4 is 5.97 Å². The number of carboxylic acid groups (broad SMARTS) is 1. The molecule has 1 heterocycles. The van der Waals surface area contributed by atoms with Gasteiger partial charge in [0.25, 0.3) is 0 Å². The third-order valence-electron chi connectivity index (χ3n) is 2.86. The molecule has 1 aliphatic rings. The van der Waals surface area contributed by atoms with Crippen molar-refractivity contribution in [1.29, 1.82) is 0 Å². The van der Waals surface area contributed by atoms with Gasteiger partial charge in [0.05, 0.1) is 0 Å². The predicted molar refractivity (Wildman–Crippen MR) is 49.5 cm³/mol. The van der Waals surface area contributed by atoms with Crippen molar-refractivity contribution in [1.82, 2.24) is 5.16 Å². The van der Waals surface area contributed by atoms with Crippen LogP contribution < -0.4 is 0 Å². The van der Waals surface area contributed by atoms with Gasteiger partial charge in [-0.2, -0.15) is 0 Å². The van der Waals surface area contributed by atoms with Gasteiger partial charge in [-0.15, -0.1) is 0 Å². The van der Waals surface area contributed by atoms with E-state index < -0.39 is 5.97 Å². The molecule has 4 heteroatoms. The summed E-state index contributed by atoms with van der Waals surface area (Å²) in [6.45, 7) is 6.09. The van der Waals surface area contributed by atoms with Gasteiger partial charge in [-0.3, -0.25) is 0 Å². The molecule has 1 aromatic heterocycles. The van der Waals surface area contributed by atoms with Crippen LogP contribution in [0.5, 0.6) is 0 Å². The lowest BCUT2D eigenvalue weighted by molar-refractivity contribution is 0.0682. The van der Waals surface area contributed by atoms with E-state index in [0.29, 0.717) is 0 Å². The lowest BCUT2D eigenvalue weighted by Crippen LogP contribution is -2.16. The Labute approximate surface area is 81.9 Å². The molecule has 14 heavy (non-hydrogen) atoms. The number of rotatable bonds is 1. The van der Waals surface area contributed by atoms with Crippen molar-refractivity contribution in [2.24, 2.45) is 0 Å². The van der Waals surface area contributed by atoms with Crippen molar-refractivity contribution in [3.05, 3.63) is 17.0 Å². The van der Waals surface area contributed by atoms with Gasteiger partial charge < -0.3 is 9.63 Å². The molecule has 1 unspecified atom stereocenters. The Morgan fingerprint density at radius 1 is 1.64 bits per heavy atom. The van der Waals surface area contributed by atoms with Gasteiger partial charge in [0.2, 0.25) is 0 Å². The number of carbonyl (C=O) groups is 1. The summed E-state index contributed by atoms with van der Waals surface area (Å²) in [6.07, 6.45) is 0.921. The molecule has 0 spiro atoms. The van der Waals surface area contributed by atoms with Gasteiger partial charge in [0.15, 0.2) is 5.69 Å². The van der Waals surface area contributed by atoms with E-state index in [0.717, 1.165) is 17.7 Å². The lowest BCUT2D eigenvalue weighted by atomic mass is 9.85. The van der Waals surface area contributed by atoms with Gasteiger partial charge in [-0.1, -0.05) is 25.9 Å². The molecule has 4 nitrogen and oxygen atoms in total. The van der Waals surface area contributed by atoms with E-state index in [1.54, 1.807) is 0 Å². The standard InChI is InChI=1S/C10H13NO3/c1-5-4-10(2,3)6-7(9(12)13)11-14-8(5)6/h5H,4H2,1-3H3,(H,12,13). The number of carboxylic acids is 1. The monoisotopic (exact) mass is 195 g/mol. The SMILES string of the molecule is CC1CC(C)(C)c2c(C(=O)O)noc21. The molecule has 0 radical (unpaired) electrons. The highest BCUT2D eigenvalue weighted by Gasteiger charge is 2.42. The number of fused-ring (bicyclic) bond motifs is 1. The highest BCUT2D eigenvalue weighted by Crippen LogP contribution is 2.47. The quantitative estimate of drug-likeness (QED) is 0.745. The normalized spacial score (nSPS) is 23.5. The largest absolute Gasteiger partial charge is 0.476 e. The fourth-order valence-electron chi connectivity index (χ4n) is 2.40. The first kappa shape index (κ1) is 9.24. The average Bonchev–Trinajstić information content (AvgIpc) is 2.53. The first-order valence-corrected chi connectivity index (χ1v) is 4.67. The van der Waals surface area contributed by atoms with Crippen LogP contribution in [-0.2, 0) is 5.41 Å². The minimum atomic E-state index is -1.00. The van der Waals surface area contributed by atoms with E-state index in [2.05, 4.69) is 5.16 Å². The Balaban J connectivity index is 2.62. The molecule has 0 amide bonds. The van der Waals surface area contributed by atoms with Crippen LogP contribution >= 0.6 is 0 Å². The number of hydrogen-bond donors (Lipinski definition) is 1. The van der Waals surface area contributed by atoms with Crippen LogP contribution in [0.3, 0.4) is 0 Å². The summed E-state index contributed by atoms with van der Waals surface area (Å²) in [6, 6.07) is 0. The van der Waals surface area contributed by atoms with Crippen LogP contribution in [0.2, 0.25) is 0 Å². The maximum Gasteiger partial charge on any atom is 0.358 e. The Kier molecular flexibility index (Phi) is 1.71. The van der Waals surface area contributed by atoms with E-state index in [1.165, 1.54) is 0 Å². The van der Waals surface area contributed by atoms with Gasteiger partial charge in [0, 0.05) is 11.5 Å².